The Morgan fingerprint density at radius 1 is 1.09 bits per heavy atom. The molecule has 0 unspecified atom stereocenters. The van der Waals surface area contributed by atoms with Crippen LogP contribution in [0.1, 0.15) is 33.6 Å². The van der Waals surface area contributed by atoms with Crippen LogP contribution in [0.15, 0.2) is 0 Å². The third-order valence-corrected chi connectivity index (χ3v) is 4.34. The van der Waals surface area contributed by atoms with Crippen molar-refractivity contribution >= 4 is 6.16 Å². The normalized spacial score (nSPS) is 23.0. The molecule has 6 nitrogen and oxygen atoms in total. The minimum atomic E-state index is -0.634. The summed E-state index contributed by atoms with van der Waals surface area (Å²) in [4.78, 5) is 21.6. The molecule has 2 rings (SSSR count). The van der Waals surface area contributed by atoms with Crippen molar-refractivity contribution < 1.29 is 18.8 Å². The number of piperidine rings is 1. The molecule has 0 amide bonds. The smallest absolute Gasteiger partial charge is 0.427 e. The van der Waals surface area contributed by atoms with E-state index in [-0.39, 0.29) is 6.67 Å². The maximum absolute atomic E-state index is 12.4. The number of likely N-dealkylation sites (tertiary alicyclic amines) is 1. The second-order valence-electron chi connectivity index (χ2n) is 7.28. The molecule has 0 spiro atoms. The molecule has 0 saturated carbocycles. The van der Waals surface area contributed by atoms with Gasteiger partial charge in [-0.3, -0.25) is 4.90 Å². The molecule has 2 heterocycles. The van der Waals surface area contributed by atoms with Gasteiger partial charge in [0, 0.05) is 38.8 Å². The van der Waals surface area contributed by atoms with E-state index >= 15 is 0 Å². The van der Waals surface area contributed by atoms with Crippen molar-refractivity contribution in [2.45, 2.75) is 45.3 Å². The fourth-order valence-electron chi connectivity index (χ4n) is 3.16. The molecule has 23 heavy (non-hydrogen) atoms. The second kappa shape index (κ2) is 8.26. The van der Waals surface area contributed by atoms with Gasteiger partial charge >= 0.3 is 6.16 Å². The van der Waals surface area contributed by atoms with Crippen LogP contribution in [0.2, 0.25) is 0 Å². The van der Waals surface area contributed by atoms with Crippen LogP contribution in [0.5, 0.6) is 0 Å². The van der Waals surface area contributed by atoms with Gasteiger partial charge in [-0.1, -0.05) is 0 Å². The Bertz CT molecular complexity index is 373. The number of hydrogen-bond donors (Lipinski definition) is 0. The fraction of sp³-hybridized carbons (Fsp3) is 0.938. The molecule has 2 fully saturated rings. The molecule has 0 atom stereocenters. The summed E-state index contributed by atoms with van der Waals surface area (Å²) >= 11 is 0. The lowest BCUT2D eigenvalue weighted by molar-refractivity contribution is -0.161. The lowest BCUT2D eigenvalue weighted by atomic mass is 10.0. The minimum Gasteiger partial charge on any atom is -0.427 e. The molecular weight excluding hydrogens is 301 g/mol. The highest BCUT2D eigenvalue weighted by Crippen LogP contribution is 2.18. The zero-order valence-electron chi connectivity index (χ0n) is 14.6. The van der Waals surface area contributed by atoms with Crippen molar-refractivity contribution in [2.24, 2.45) is 0 Å². The summed E-state index contributed by atoms with van der Waals surface area (Å²) in [6.07, 6.45) is 1.55. The first-order chi connectivity index (χ1) is 10.9. The molecule has 0 aromatic rings. The molecular formula is C16H30FN3O3. The first kappa shape index (κ1) is 18.4. The maximum Gasteiger partial charge on any atom is 0.528 e. The van der Waals surface area contributed by atoms with Gasteiger partial charge in [0.1, 0.15) is 12.3 Å². The van der Waals surface area contributed by atoms with Gasteiger partial charge < -0.3 is 14.5 Å². The second-order valence-corrected chi connectivity index (χ2v) is 7.28. The maximum atomic E-state index is 12.4. The number of carbonyl (C=O) groups is 1. The predicted molar refractivity (Wildman–Crippen MR) is 85.9 cm³/mol. The van der Waals surface area contributed by atoms with Gasteiger partial charge in [-0.25, -0.2) is 9.18 Å². The van der Waals surface area contributed by atoms with Crippen LogP contribution in [0.4, 0.5) is 9.18 Å². The number of hydroxylamine groups is 2. The van der Waals surface area contributed by atoms with Crippen LogP contribution in [-0.2, 0) is 9.57 Å². The number of piperazine rings is 1. The van der Waals surface area contributed by atoms with Crippen LogP contribution in [0.3, 0.4) is 0 Å². The van der Waals surface area contributed by atoms with Crippen molar-refractivity contribution in [2.75, 3.05) is 52.5 Å². The predicted octanol–water partition coefficient (Wildman–Crippen LogP) is 1.90. The van der Waals surface area contributed by atoms with Crippen molar-refractivity contribution in [3.05, 3.63) is 0 Å². The largest absolute Gasteiger partial charge is 0.528 e. The number of alkyl halides is 1. The zero-order chi connectivity index (χ0) is 16.9. The number of hydrogen-bond acceptors (Lipinski definition) is 6. The highest BCUT2D eigenvalue weighted by molar-refractivity contribution is 5.60. The van der Waals surface area contributed by atoms with Crippen LogP contribution < -0.4 is 0 Å². The molecule has 0 aromatic heterocycles. The number of ether oxygens (including phenoxy) is 1. The van der Waals surface area contributed by atoms with Crippen LogP contribution in [-0.4, -0.2) is 85.1 Å². The third-order valence-electron chi connectivity index (χ3n) is 4.34. The van der Waals surface area contributed by atoms with Crippen molar-refractivity contribution in [3.63, 3.8) is 0 Å². The molecule has 0 aromatic carbocycles. The highest BCUT2D eigenvalue weighted by Gasteiger charge is 2.29. The Kier molecular flexibility index (Phi) is 6.61. The molecule has 2 saturated heterocycles. The summed E-state index contributed by atoms with van der Waals surface area (Å²) in [5.74, 6) is 0. The first-order valence-corrected chi connectivity index (χ1v) is 8.55. The molecule has 0 aliphatic carbocycles. The highest BCUT2D eigenvalue weighted by atomic mass is 19.1. The first-order valence-electron chi connectivity index (χ1n) is 8.55. The van der Waals surface area contributed by atoms with Gasteiger partial charge in [0.2, 0.25) is 0 Å². The number of nitrogens with zero attached hydrogens (tertiary/aromatic N) is 3. The average Bonchev–Trinajstić information content (AvgIpc) is 2.47. The van der Waals surface area contributed by atoms with Crippen molar-refractivity contribution in [1.82, 2.24) is 14.9 Å². The van der Waals surface area contributed by atoms with Crippen LogP contribution in [0.25, 0.3) is 0 Å². The van der Waals surface area contributed by atoms with Crippen LogP contribution >= 0.6 is 0 Å². The Balaban J connectivity index is 1.67. The molecule has 7 heteroatoms. The molecule has 0 bridgehead atoms. The van der Waals surface area contributed by atoms with Gasteiger partial charge in [0.15, 0.2) is 0 Å². The van der Waals surface area contributed by atoms with E-state index in [1.54, 1.807) is 5.06 Å². The van der Waals surface area contributed by atoms with E-state index in [0.717, 1.165) is 39.0 Å². The Labute approximate surface area is 138 Å². The summed E-state index contributed by atoms with van der Waals surface area (Å²) < 4.78 is 17.5. The van der Waals surface area contributed by atoms with Gasteiger partial charge in [-0.15, -0.1) is 5.06 Å². The topological polar surface area (TPSA) is 45.3 Å². The fourth-order valence-corrected chi connectivity index (χ4v) is 3.16. The van der Waals surface area contributed by atoms with Gasteiger partial charge in [0.05, 0.1) is 0 Å². The summed E-state index contributed by atoms with van der Waals surface area (Å²) in [6, 6.07) is 0.564. The van der Waals surface area contributed by atoms with E-state index in [2.05, 4.69) is 9.80 Å². The standard InChI is InChI=1S/C16H30FN3O3/c1-16(2,3)22-15(21)23-20-12-10-19(11-13-20)14-4-7-18(8-5-14)9-6-17/h14H,4-13H2,1-3H3. The Morgan fingerprint density at radius 2 is 1.70 bits per heavy atom. The molecule has 134 valence electrons. The third kappa shape index (κ3) is 6.24. The summed E-state index contributed by atoms with van der Waals surface area (Å²) in [5, 5.41) is 1.68. The number of rotatable bonds is 4. The Morgan fingerprint density at radius 3 is 2.22 bits per heavy atom. The molecule has 0 N–H and O–H groups in total. The lowest BCUT2D eigenvalue weighted by Crippen LogP contribution is -2.53. The van der Waals surface area contributed by atoms with E-state index in [1.807, 2.05) is 20.8 Å². The summed E-state index contributed by atoms with van der Waals surface area (Å²) in [7, 11) is 0. The van der Waals surface area contributed by atoms with E-state index in [0.29, 0.717) is 25.7 Å². The quantitative estimate of drug-likeness (QED) is 0.733. The number of carbonyl (C=O) groups excluding carboxylic acids is 1. The average molecular weight is 331 g/mol. The lowest BCUT2D eigenvalue weighted by Gasteiger charge is -2.41. The monoisotopic (exact) mass is 331 g/mol. The van der Waals surface area contributed by atoms with Gasteiger partial charge in [-0.05, 0) is 46.7 Å². The number of halogens is 1. The zero-order valence-corrected chi connectivity index (χ0v) is 14.6. The Hall–Kier alpha value is -0.920. The van der Waals surface area contributed by atoms with E-state index in [4.69, 9.17) is 9.57 Å². The molecule has 0 radical (unpaired) electrons. The van der Waals surface area contributed by atoms with Crippen molar-refractivity contribution in [3.8, 4) is 0 Å². The van der Waals surface area contributed by atoms with Gasteiger partial charge in [-0.2, -0.15) is 0 Å². The van der Waals surface area contributed by atoms with Gasteiger partial charge in [0.25, 0.3) is 0 Å². The summed E-state index contributed by atoms with van der Waals surface area (Å²) in [6.45, 7) is 10.9. The SMILES string of the molecule is CC(C)(C)OC(=O)ON1CCN(C2CCN(CCF)CC2)CC1. The van der Waals surface area contributed by atoms with Crippen LogP contribution in [0, 0.1) is 0 Å². The molecule has 2 aliphatic rings. The van der Waals surface area contributed by atoms with E-state index < -0.39 is 11.8 Å². The van der Waals surface area contributed by atoms with Crippen molar-refractivity contribution in [1.29, 1.82) is 0 Å². The molecule has 2 aliphatic heterocycles. The summed E-state index contributed by atoms with van der Waals surface area (Å²) in [5.41, 5.74) is -0.535. The van der Waals surface area contributed by atoms with E-state index in [1.165, 1.54) is 0 Å². The van der Waals surface area contributed by atoms with E-state index in [9.17, 15) is 9.18 Å². The minimum absolute atomic E-state index is 0.259.